The van der Waals surface area contributed by atoms with Gasteiger partial charge in [-0.15, -0.1) is 0 Å². The lowest BCUT2D eigenvalue weighted by molar-refractivity contribution is 0.0955. The fourth-order valence-corrected chi connectivity index (χ4v) is 2.54. The number of rotatable bonds is 7. The van der Waals surface area contributed by atoms with Crippen LogP contribution in [0.3, 0.4) is 0 Å². The minimum Gasteiger partial charge on any atom is -0.497 e. The van der Waals surface area contributed by atoms with Crippen molar-refractivity contribution in [1.82, 2.24) is 5.43 Å². The molecule has 0 saturated carbocycles. The predicted molar refractivity (Wildman–Crippen MR) is 110 cm³/mol. The van der Waals surface area contributed by atoms with E-state index in [9.17, 15) is 4.79 Å². The molecule has 0 fully saturated rings. The third kappa shape index (κ3) is 5.20. The van der Waals surface area contributed by atoms with Gasteiger partial charge in [-0.25, -0.2) is 5.43 Å². The second-order valence-corrected chi connectivity index (χ2v) is 6.17. The number of hydrogen-bond acceptors (Lipinski definition) is 4. The van der Waals surface area contributed by atoms with Gasteiger partial charge in [0.15, 0.2) is 0 Å². The van der Waals surface area contributed by atoms with E-state index in [2.05, 4.69) is 10.5 Å². The summed E-state index contributed by atoms with van der Waals surface area (Å²) in [5, 5.41) is 4.17. The van der Waals surface area contributed by atoms with Crippen molar-refractivity contribution in [3.8, 4) is 11.5 Å². The van der Waals surface area contributed by atoms with E-state index >= 15 is 0 Å². The number of nitrogens with zero attached hydrogens (tertiary/aromatic N) is 1. The predicted octanol–water partition coefficient (Wildman–Crippen LogP) is 4.43. The number of nitrogens with one attached hydrogen (secondary N) is 1. The number of carbonyl (C=O) groups is 1. The van der Waals surface area contributed by atoms with Crippen molar-refractivity contribution in [2.45, 2.75) is 13.5 Å². The zero-order valence-corrected chi connectivity index (χ0v) is 15.9. The van der Waals surface area contributed by atoms with E-state index in [0.717, 1.165) is 16.9 Å². The van der Waals surface area contributed by atoms with Crippen LogP contribution in [0.15, 0.2) is 84.0 Å². The van der Waals surface area contributed by atoms with Crippen LogP contribution in [0.25, 0.3) is 0 Å². The lowest BCUT2D eigenvalue weighted by atomic mass is 10.1. The molecule has 142 valence electrons. The van der Waals surface area contributed by atoms with Crippen molar-refractivity contribution in [2.24, 2.45) is 5.10 Å². The highest BCUT2D eigenvalue weighted by Gasteiger charge is 2.06. The Morgan fingerprint density at radius 1 is 0.857 bits per heavy atom. The number of amides is 1. The van der Waals surface area contributed by atoms with Gasteiger partial charge in [0.05, 0.1) is 12.8 Å². The first-order chi connectivity index (χ1) is 13.7. The first-order valence-electron chi connectivity index (χ1n) is 8.91. The van der Waals surface area contributed by atoms with E-state index in [0.29, 0.717) is 23.6 Å². The van der Waals surface area contributed by atoms with Gasteiger partial charge in [-0.2, -0.15) is 5.10 Å². The Labute approximate surface area is 164 Å². The van der Waals surface area contributed by atoms with Gasteiger partial charge in [0.1, 0.15) is 18.1 Å². The topological polar surface area (TPSA) is 59.9 Å². The summed E-state index contributed by atoms with van der Waals surface area (Å²) in [4.78, 5) is 12.3. The summed E-state index contributed by atoms with van der Waals surface area (Å²) in [6.45, 7) is 2.32. The summed E-state index contributed by atoms with van der Waals surface area (Å²) in [5.41, 5.74) is 5.80. The molecule has 1 amide bonds. The maximum atomic E-state index is 12.3. The Hall–Kier alpha value is -3.60. The lowest BCUT2D eigenvalue weighted by Crippen LogP contribution is -2.19. The van der Waals surface area contributed by atoms with Gasteiger partial charge in [0, 0.05) is 5.56 Å². The molecular formula is C23H22N2O3. The van der Waals surface area contributed by atoms with Gasteiger partial charge in [0.25, 0.3) is 5.91 Å². The Kier molecular flexibility index (Phi) is 6.41. The van der Waals surface area contributed by atoms with Crippen LogP contribution >= 0.6 is 0 Å². The molecule has 0 saturated heterocycles. The molecular weight excluding hydrogens is 352 g/mol. The molecule has 1 N–H and O–H groups in total. The van der Waals surface area contributed by atoms with Gasteiger partial charge in [0.2, 0.25) is 0 Å². The maximum absolute atomic E-state index is 12.3. The standard InChI is InChI=1S/C23H22N2O3/c1-17(19-8-12-21(27-2)13-9-19)24-25-23(26)20-10-14-22(15-11-20)28-16-18-6-4-3-5-7-18/h3-15H,16H2,1-2H3,(H,25,26)/b24-17-. The van der Waals surface area contributed by atoms with Gasteiger partial charge in [-0.3, -0.25) is 4.79 Å². The molecule has 5 nitrogen and oxygen atoms in total. The van der Waals surface area contributed by atoms with Crippen LogP contribution in [0.1, 0.15) is 28.4 Å². The number of carbonyl (C=O) groups excluding carboxylic acids is 1. The van der Waals surface area contributed by atoms with Crippen molar-refractivity contribution in [3.63, 3.8) is 0 Å². The molecule has 0 bridgehead atoms. The summed E-state index contributed by atoms with van der Waals surface area (Å²) < 4.78 is 10.9. The van der Waals surface area contributed by atoms with Gasteiger partial charge in [-0.1, -0.05) is 30.3 Å². The van der Waals surface area contributed by atoms with Crippen molar-refractivity contribution >= 4 is 11.6 Å². The van der Waals surface area contributed by atoms with Crippen LogP contribution in [0, 0.1) is 0 Å². The molecule has 0 atom stereocenters. The zero-order chi connectivity index (χ0) is 19.8. The summed E-state index contributed by atoms with van der Waals surface area (Å²) >= 11 is 0. The van der Waals surface area contributed by atoms with Gasteiger partial charge in [-0.05, 0) is 66.6 Å². The fourth-order valence-electron chi connectivity index (χ4n) is 2.54. The van der Waals surface area contributed by atoms with Gasteiger partial charge >= 0.3 is 0 Å². The average molecular weight is 374 g/mol. The SMILES string of the molecule is COc1ccc(/C(C)=N\NC(=O)c2ccc(OCc3ccccc3)cc2)cc1. The minimum absolute atomic E-state index is 0.275. The molecule has 3 aromatic rings. The third-order valence-electron chi connectivity index (χ3n) is 4.20. The third-order valence-corrected chi connectivity index (χ3v) is 4.20. The van der Waals surface area contributed by atoms with E-state index in [1.54, 1.807) is 31.4 Å². The van der Waals surface area contributed by atoms with Crippen LogP contribution in [-0.4, -0.2) is 18.7 Å². The first kappa shape index (κ1) is 19.2. The van der Waals surface area contributed by atoms with Gasteiger partial charge < -0.3 is 9.47 Å². The van der Waals surface area contributed by atoms with Crippen LogP contribution in [0.5, 0.6) is 11.5 Å². The quantitative estimate of drug-likeness (QED) is 0.492. The zero-order valence-electron chi connectivity index (χ0n) is 15.9. The number of hydrogen-bond donors (Lipinski definition) is 1. The molecule has 3 rings (SSSR count). The molecule has 0 aromatic heterocycles. The second kappa shape index (κ2) is 9.37. The highest BCUT2D eigenvalue weighted by atomic mass is 16.5. The monoisotopic (exact) mass is 374 g/mol. The normalized spacial score (nSPS) is 11.0. The average Bonchev–Trinajstić information content (AvgIpc) is 2.77. The van der Waals surface area contributed by atoms with E-state index in [-0.39, 0.29) is 5.91 Å². The Bertz CT molecular complexity index is 934. The molecule has 0 unspecified atom stereocenters. The largest absolute Gasteiger partial charge is 0.497 e. The van der Waals surface area contributed by atoms with Crippen LogP contribution in [-0.2, 0) is 6.61 Å². The van der Waals surface area contributed by atoms with Crippen molar-refractivity contribution in [3.05, 3.63) is 95.6 Å². The highest BCUT2D eigenvalue weighted by molar-refractivity contribution is 6.00. The molecule has 0 radical (unpaired) electrons. The minimum atomic E-state index is -0.275. The van der Waals surface area contributed by atoms with E-state index in [1.165, 1.54) is 0 Å². The Balaban J connectivity index is 1.56. The number of ether oxygens (including phenoxy) is 2. The van der Waals surface area contributed by atoms with Crippen LogP contribution < -0.4 is 14.9 Å². The summed E-state index contributed by atoms with van der Waals surface area (Å²) in [5.74, 6) is 1.20. The lowest BCUT2D eigenvalue weighted by Gasteiger charge is -2.07. The maximum Gasteiger partial charge on any atom is 0.271 e. The van der Waals surface area contributed by atoms with E-state index < -0.39 is 0 Å². The molecule has 3 aromatic carbocycles. The number of methoxy groups -OCH3 is 1. The highest BCUT2D eigenvalue weighted by Crippen LogP contribution is 2.15. The molecule has 0 aliphatic rings. The van der Waals surface area contributed by atoms with Crippen molar-refractivity contribution < 1.29 is 14.3 Å². The van der Waals surface area contributed by atoms with Crippen molar-refractivity contribution in [2.75, 3.05) is 7.11 Å². The van der Waals surface area contributed by atoms with E-state index in [4.69, 9.17) is 9.47 Å². The first-order valence-corrected chi connectivity index (χ1v) is 8.91. The molecule has 0 aliphatic carbocycles. The molecule has 5 heteroatoms. The summed E-state index contributed by atoms with van der Waals surface area (Å²) in [6, 6.07) is 24.4. The molecule has 0 aliphatic heterocycles. The van der Waals surface area contributed by atoms with Crippen LogP contribution in [0.4, 0.5) is 0 Å². The molecule has 0 spiro atoms. The number of benzene rings is 3. The Morgan fingerprint density at radius 2 is 1.46 bits per heavy atom. The Morgan fingerprint density at radius 3 is 2.11 bits per heavy atom. The fraction of sp³-hybridized carbons (Fsp3) is 0.130. The van der Waals surface area contributed by atoms with Crippen molar-refractivity contribution in [1.29, 1.82) is 0 Å². The molecule has 0 heterocycles. The summed E-state index contributed by atoms with van der Waals surface area (Å²) in [7, 11) is 1.62. The number of hydrazone groups is 1. The summed E-state index contributed by atoms with van der Waals surface area (Å²) in [6.07, 6.45) is 0. The molecule has 28 heavy (non-hydrogen) atoms. The van der Waals surface area contributed by atoms with Crippen LogP contribution in [0.2, 0.25) is 0 Å². The smallest absolute Gasteiger partial charge is 0.271 e. The van der Waals surface area contributed by atoms with E-state index in [1.807, 2.05) is 61.5 Å². The second-order valence-electron chi connectivity index (χ2n) is 6.17.